The van der Waals surface area contributed by atoms with Crippen molar-refractivity contribution in [2.24, 2.45) is 0 Å². The quantitative estimate of drug-likeness (QED) is 0.160. The molecule has 5 heterocycles. The molecule has 0 atom stereocenters. The normalized spacial score (nSPS) is 19.7. The van der Waals surface area contributed by atoms with Gasteiger partial charge in [0.1, 0.15) is 0 Å². The molecule has 0 unspecified atom stereocenters. The summed E-state index contributed by atoms with van der Waals surface area (Å²) in [6.07, 6.45) is 0. The van der Waals surface area contributed by atoms with Crippen LogP contribution in [0.2, 0.25) is 0 Å². The molecule has 0 saturated carbocycles. The number of hydrogen-bond donors (Lipinski definition) is 0. The molecule has 0 amide bonds. The van der Waals surface area contributed by atoms with Gasteiger partial charge in [-0.05, 0) is 145 Å². The second-order valence-electron chi connectivity index (χ2n) is 22.3. The van der Waals surface area contributed by atoms with Gasteiger partial charge in [-0.15, -0.1) is 11.3 Å². The Morgan fingerprint density at radius 1 is 0.436 bits per heavy atom. The van der Waals surface area contributed by atoms with E-state index in [1.807, 2.05) is 0 Å². The Labute approximate surface area is 510 Å². The molecular weight excluding hydrogens is 964 g/mol. The highest BCUT2D eigenvalue weighted by atomic mass is 32.1. The van der Waals surface area contributed by atoms with Gasteiger partial charge in [-0.25, -0.2) is 0 Å². The van der Waals surface area contributed by atoms with Crippen molar-refractivity contribution in [1.29, 1.82) is 0 Å². The van der Waals surface area contributed by atoms with Crippen molar-refractivity contribution in [3.63, 3.8) is 0 Å². The fraction of sp³-hybridized carbons (Fsp3) is 0.167. The van der Waals surface area contributed by atoms with E-state index in [-0.39, 0.29) is 47.8 Å². The summed E-state index contributed by atoms with van der Waals surface area (Å²) in [7, 11) is 0. The number of aromatic nitrogens is 1. The third kappa shape index (κ3) is 6.91. The predicted molar refractivity (Wildman–Crippen MR) is 337 cm³/mol. The number of para-hydroxylation sites is 3. The molecule has 2 aromatic heterocycles. The summed E-state index contributed by atoms with van der Waals surface area (Å²) in [6, 6.07) is -29.7. The number of anilines is 9. The van der Waals surface area contributed by atoms with E-state index in [1.165, 1.54) is 0 Å². The average molecular weight is 1060 g/mol. The minimum Gasteiger partial charge on any atom is -0.311 e. The molecule has 12 aromatic rings. The van der Waals surface area contributed by atoms with Crippen molar-refractivity contribution < 1.29 is 46.6 Å². The summed E-state index contributed by atoms with van der Waals surface area (Å²) in [5, 5.41) is -1.37. The fourth-order valence-corrected chi connectivity index (χ4v) is 11.5. The lowest BCUT2D eigenvalue weighted by Gasteiger charge is -2.47. The van der Waals surface area contributed by atoms with Crippen molar-refractivity contribution >= 4 is 128 Å². The SMILES string of the molecule is [2H]c1c([2H])c2c3c(c1[2H])-n1c4c([2H])c([2H])c([2H])c([2H])c4c4c([2H])c([2H])c([2H])c(c41)N3c1c([2H])c(C(C)(C)C)c([2H])c3c1B2c1c([2H])c([2H])c(N(c2c([2H])c([2H])c(C(C)(C)C)c([2H])c2[2H])c2c([2H])c([2H])c(C(C)(C)C)c([2H])c2[2H])c([2H])c1N3c1c([2H])c([2H])c(-c2c([2H])c([2H])c([2H])c3c2sc2c([2H])c([2H])c([2H])c([2H])c23)c([2H])c1[2H]. The molecule has 0 fully saturated rings. The first-order chi connectivity index (χ1) is 51.8. The van der Waals surface area contributed by atoms with Crippen LogP contribution in [0.15, 0.2) is 205 Å². The van der Waals surface area contributed by atoms with Crippen LogP contribution in [-0.2, 0) is 16.2 Å². The average Bonchev–Trinajstić information content (AvgIpc) is 1.17. The zero-order chi connectivity index (χ0) is 82.7. The Bertz CT molecular complexity index is 6370. The second-order valence-corrected chi connectivity index (χ2v) is 23.4. The molecule has 378 valence electrons. The maximum Gasteiger partial charge on any atom is 0.252 e. The van der Waals surface area contributed by atoms with E-state index in [0.29, 0.717) is 16.2 Å². The number of rotatable bonds is 5. The van der Waals surface area contributed by atoms with Crippen LogP contribution in [-0.4, -0.2) is 11.3 Å². The Kier molecular flexibility index (Phi) is 5.05. The maximum absolute atomic E-state index is 11.2. The molecular formula is C72H61BN4S. The zero-order valence-corrected chi connectivity index (χ0v) is 44.1. The van der Waals surface area contributed by atoms with E-state index < -0.39 is 324 Å². The van der Waals surface area contributed by atoms with Gasteiger partial charge in [0.05, 0.1) is 74.7 Å². The molecule has 15 rings (SSSR count). The van der Waals surface area contributed by atoms with Crippen LogP contribution < -0.4 is 31.1 Å². The van der Waals surface area contributed by atoms with Crippen molar-refractivity contribution in [2.45, 2.75) is 78.6 Å². The standard InChI is InChI=1S/C72H61BN4S/c1-70(2,3)45-29-35-48(36-30-45)74(49-37-31-46(32-38-49)71(4,5)6)51-39-40-57-62(43-51)75(50-33-27-44(28-34-50)52-19-14-21-56-54-18-11-13-26-65(54)78-69(52)56)63-41-47(72(7,8)9)42-64-66(63)73(57)58-22-16-25-61-68(58)77(64)60-24-15-20-55-53-17-10-12-23-59(53)76(61)67(55)60/h10-43H,1-9H3/i10D,11D,12D,13D,14D,15D,16D,17D,18D,19D,20D,21D,22D,23D,24D,25D,26D,27D,28D,29D,30D,31D,32D,33D,34D,35D,36D,37D,38D,39D,40D,41D,42D,43D. The molecule has 0 bridgehead atoms. The largest absolute Gasteiger partial charge is 0.311 e. The summed E-state index contributed by atoms with van der Waals surface area (Å²) in [5.74, 6) is 0. The molecule has 3 aliphatic heterocycles. The lowest BCUT2D eigenvalue weighted by atomic mass is 9.33. The lowest BCUT2D eigenvalue weighted by Crippen LogP contribution is -2.62. The third-order valence-corrected chi connectivity index (χ3v) is 15.4. The topological polar surface area (TPSA) is 14.7 Å². The summed E-state index contributed by atoms with van der Waals surface area (Å²) >= 11 is 0.604. The van der Waals surface area contributed by atoms with Crippen LogP contribution in [0.4, 0.5) is 51.2 Å². The molecule has 78 heavy (non-hydrogen) atoms. The van der Waals surface area contributed by atoms with Gasteiger partial charge in [-0.3, -0.25) is 0 Å². The molecule has 0 N–H and O–H groups in total. The number of thiophene rings is 1. The van der Waals surface area contributed by atoms with Gasteiger partial charge in [0.2, 0.25) is 0 Å². The van der Waals surface area contributed by atoms with Crippen LogP contribution >= 0.6 is 11.3 Å². The third-order valence-electron chi connectivity index (χ3n) is 14.2. The van der Waals surface area contributed by atoms with E-state index in [2.05, 4.69) is 0 Å². The smallest absolute Gasteiger partial charge is 0.252 e. The van der Waals surface area contributed by atoms with Gasteiger partial charge < -0.3 is 19.3 Å². The zero-order valence-electron chi connectivity index (χ0n) is 77.3. The molecule has 0 aliphatic carbocycles. The Morgan fingerprint density at radius 2 is 1.01 bits per heavy atom. The van der Waals surface area contributed by atoms with E-state index in [0.717, 1.165) is 14.4 Å². The first-order valence-electron chi connectivity index (χ1n) is 42.0. The molecule has 0 spiro atoms. The van der Waals surface area contributed by atoms with E-state index >= 15 is 0 Å². The number of hydrogen-bond acceptors (Lipinski definition) is 4. The lowest BCUT2D eigenvalue weighted by molar-refractivity contribution is 0.590. The summed E-state index contributed by atoms with van der Waals surface area (Å²) in [5.41, 5.74) is -15.8. The van der Waals surface area contributed by atoms with Gasteiger partial charge in [-0.1, -0.05) is 183 Å². The van der Waals surface area contributed by atoms with Gasteiger partial charge in [-0.2, -0.15) is 0 Å². The summed E-state index contributed by atoms with van der Waals surface area (Å²) in [4.78, 5) is 2.52. The fourth-order valence-electron chi connectivity index (χ4n) is 10.4. The van der Waals surface area contributed by atoms with Crippen LogP contribution in [0, 0.1) is 0 Å². The van der Waals surface area contributed by atoms with Crippen LogP contribution in [0.3, 0.4) is 0 Å². The minimum absolute atomic E-state index is 0.174. The van der Waals surface area contributed by atoms with Crippen LogP contribution in [0.5, 0.6) is 0 Å². The molecule has 3 aliphatic rings. The van der Waals surface area contributed by atoms with E-state index in [4.69, 9.17) is 8.22 Å². The molecule has 0 saturated heterocycles. The predicted octanol–water partition coefficient (Wildman–Crippen LogP) is 18.6. The van der Waals surface area contributed by atoms with Crippen molar-refractivity contribution in [3.8, 4) is 16.8 Å². The van der Waals surface area contributed by atoms with Crippen molar-refractivity contribution in [3.05, 3.63) is 222 Å². The number of nitrogens with zero attached hydrogens (tertiary/aromatic N) is 4. The molecule has 10 aromatic carbocycles. The van der Waals surface area contributed by atoms with Gasteiger partial charge in [0.25, 0.3) is 6.71 Å². The second kappa shape index (κ2) is 16.6. The summed E-state index contributed by atoms with van der Waals surface area (Å²) < 4.78 is 335. The Morgan fingerprint density at radius 3 is 1.71 bits per heavy atom. The number of benzene rings is 10. The first-order valence-corrected chi connectivity index (χ1v) is 25.8. The maximum atomic E-state index is 11.2. The Hall–Kier alpha value is -8.32. The van der Waals surface area contributed by atoms with Gasteiger partial charge in [0, 0.05) is 70.8 Å². The van der Waals surface area contributed by atoms with Crippen molar-refractivity contribution in [2.75, 3.05) is 14.7 Å². The highest BCUT2D eigenvalue weighted by Gasteiger charge is 2.47. The number of fused-ring (bicyclic) bond motifs is 12. The van der Waals surface area contributed by atoms with Gasteiger partial charge >= 0.3 is 0 Å². The molecule has 0 radical (unpaired) electrons. The summed E-state index contributed by atoms with van der Waals surface area (Å²) in [6.45, 7) is 12.1. The van der Waals surface area contributed by atoms with E-state index in [1.54, 1.807) is 62.3 Å². The molecule has 6 heteroatoms. The van der Waals surface area contributed by atoms with Crippen LogP contribution in [0.1, 0.15) is 126 Å². The first kappa shape index (κ1) is 23.7. The van der Waals surface area contributed by atoms with Gasteiger partial charge in [0.15, 0.2) is 0 Å². The van der Waals surface area contributed by atoms with Crippen molar-refractivity contribution in [1.82, 2.24) is 4.57 Å². The molecule has 4 nitrogen and oxygen atoms in total. The Balaban J connectivity index is 1.21. The van der Waals surface area contributed by atoms with E-state index in [9.17, 15) is 38.4 Å². The minimum atomic E-state index is -2.12. The highest BCUT2D eigenvalue weighted by molar-refractivity contribution is 7.26. The monoisotopic (exact) mass is 1060 g/mol. The van der Waals surface area contributed by atoms with Crippen LogP contribution in [0.25, 0.3) is 58.8 Å². The highest BCUT2D eigenvalue weighted by Crippen LogP contribution is 2.54.